The van der Waals surface area contributed by atoms with Gasteiger partial charge in [0.05, 0.1) is 16.6 Å². The Labute approximate surface area is 145 Å². The van der Waals surface area contributed by atoms with Gasteiger partial charge in [0.15, 0.2) is 0 Å². The van der Waals surface area contributed by atoms with Crippen LogP contribution in [0.25, 0.3) is 0 Å². The van der Waals surface area contributed by atoms with Crippen LogP contribution in [0.2, 0.25) is 0 Å². The second-order valence-corrected chi connectivity index (χ2v) is 5.90. The molecule has 7 heteroatoms. The number of nitrogens with two attached hydrogens (primary N) is 1. The first kappa shape index (κ1) is 18.4. The van der Waals surface area contributed by atoms with E-state index in [2.05, 4.69) is 5.32 Å². The van der Waals surface area contributed by atoms with Gasteiger partial charge in [-0.1, -0.05) is 36.4 Å². The van der Waals surface area contributed by atoms with E-state index in [9.17, 15) is 20.0 Å². The molecule has 0 fully saturated rings. The highest BCUT2D eigenvalue weighted by molar-refractivity contribution is 6.01. The Morgan fingerprint density at radius 2 is 1.92 bits per heavy atom. The Bertz CT molecular complexity index is 747. The predicted molar refractivity (Wildman–Crippen MR) is 95.3 cm³/mol. The van der Waals surface area contributed by atoms with E-state index in [-0.39, 0.29) is 29.4 Å². The molecule has 0 aliphatic heterocycles. The summed E-state index contributed by atoms with van der Waals surface area (Å²) in [6.45, 7) is 1.98. The molecule has 2 rings (SSSR count). The minimum atomic E-state index is -0.619. The van der Waals surface area contributed by atoms with E-state index in [4.69, 9.17) is 5.73 Å². The standard InChI is InChI=1S/C18H21N3O4/c1-12(22)10-14(13-6-3-2-4-7-13)11-20-18(23)15-8-5-9-16(17(15)19)21(24)25/h2-9,12,14,22H,10-11,19H2,1H3,(H,20,23). The third-order valence-corrected chi connectivity index (χ3v) is 3.93. The third-order valence-electron chi connectivity index (χ3n) is 3.93. The number of aliphatic hydroxyl groups is 1. The zero-order valence-electron chi connectivity index (χ0n) is 13.9. The highest BCUT2D eigenvalue weighted by atomic mass is 16.6. The SMILES string of the molecule is CC(O)CC(CNC(=O)c1cccc([N+](=O)[O-])c1N)c1ccccc1. The number of amides is 1. The van der Waals surface area contributed by atoms with Gasteiger partial charge in [0.25, 0.3) is 11.6 Å². The Morgan fingerprint density at radius 3 is 2.52 bits per heavy atom. The number of nitrogens with one attached hydrogen (secondary N) is 1. The maximum atomic E-state index is 12.4. The molecule has 2 aromatic rings. The molecule has 2 atom stereocenters. The molecule has 0 spiro atoms. The number of carbonyl (C=O) groups excluding carboxylic acids is 1. The Hall–Kier alpha value is -2.93. The van der Waals surface area contributed by atoms with E-state index in [0.29, 0.717) is 6.42 Å². The first-order valence-corrected chi connectivity index (χ1v) is 7.94. The first-order chi connectivity index (χ1) is 11.9. The molecule has 0 aromatic heterocycles. The molecular weight excluding hydrogens is 322 g/mol. The minimum absolute atomic E-state index is 0.0676. The van der Waals surface area contributed by atoms with Gasteiger partial charge in [0.1, 0.15) is 5.69 Å². The lowest BCUT2D eigenvalue weighted by Crippen LogP contribution is -2.30. The van der Waals surface area contributed by atoms with E-state index in [1.807, 2.05) is 30.3 Å². The first-order valence-electron chi connectivity index (χ1n) is 7.94. The van der Waals surface area contributed by atoms with Crippen LogP contribution in [-0.4, -0.2) is 28.6 Å². The number of aliphatic hydroxyl groups excluding tert-OH is 1. The average Bonchev–Trinajstić information content (AvgIpc) is 2.58. The summed E-state index contributed by atoms with van der Waals surface area (Å²) in [5.41, 5.74) is 6.35. The van der Waals surface area contributed by atoms with Crippen LogP contribution < -0.4 is 11.1 Å². The number of rotatable bonds is 7. The second-order valence-electron chi connectivity index (χ2n) is 5.90. The van der Waals surface area contributed by atoms with Gasteiger partial charge in [0, 0.05) is 18.5 Å². The second kappa shape index (κ2) is 8.25. The van der Waals surface area contributed by atoms with Gasteiger partial charge in [-0.25, -0.2) is 0 Å². The minimum Gasteiger partial charge on any atom is -0.393 e. The number of carbonyl (C=O) groups is 1. The molecule has 0 saturated carbocycles. The zero-order valence-corrected chi connectivity index (χ0v) is 13.9. The van der Waals surface area contributed by atoms with Gasteiger partial charge >= 0.3 is 0 Å². The molecule has 0 heterocycles. The van der Waals surface area contributed by atoms with Crippen LogP contribution in [0.1, 0.15) is 35.2 Å². The molecule has 4 N–H and O–H groups in total. The molecule has 132 valence electrons. The lowest BCUT2D eigenvalue weighted by atomic mass is 9.93. The van der Waals surface area contributed by atoms with Crippen molar-refractivity contribution < 1.29 is 14.8 Å². The summed E-state index contributed by atoms with van der Waals surface area (Å²) < 4.78 is 0. The molecule has 0 bridgehead atoms. The van der Waals surface area contributed by atoms with Crippen molar-refractivity contribution in [3.05, 3.63) is 69.8 Å². The summed E-state index contributed by atoms with van der Waals surface area (Å²) in [5.74, 6) is -0.558. The summed E-state index contributed by atoms with van der Waals surface area (Å²) >= 11 is 0. The molecule has 1 amide bonds. The van der Waals surface area contributed by atoms with Gasteiger partial charge in [-0.3, -0.25) is 14.9 Å². The van der Waals surface area contributed by atoms with Crippen molar-refractivity contribution in [1.29, 1.82) is 0 Å². The number of hydrogen-bond acceptors (Lipinski definition) is 5. The number of anilines is 1. The summed E-state index contributed by atoms with van der Waals surface area (Å²) in [5, 5.41) is 23.4. The summed E-state index contributed by atoms with van der Waals surface area (Å²) in [4.78, 5) is 22.7. The van der Waals surface area contributed by atoms with Crippen LogP contribution in [0.4, 0.5) is 11.4 Å². The summed E-state index contributed by atoms with van der Waals surface area (Å²) in [6.07, 6.45) is -0.0423. The van der Waals surface area contributed by atoms with Gasteiger partial charge < -0.3 is 16.2 Å². The van der Waals surface area contributed by atoms with E-state index in [1.165, 1.54) is 18.2 Å². The fraction of sp³-hybridized carbons (Fsp3) is 0.278. The fourth-order valence-corrected chi connectivity index (χ4v) is 2.70. The molecule has 2 aromatic carbocycles. The van der Waals surface area contributed by atoms with Gasteiger partial charge in [0.2, 0.25) is 0 Å². The van der Waals surface area contributed by atoms with Crippen LogP contribution in [0.3, 0.4) is 0 Å². The number of hydrogen-bond donors (Lipinski definition) is 3. The van der Waals surface area contributed by atoms with Gasteiger partial charge in [-0.15, -0.1) is 0 Å². The van der Waals surface area contributed by atoms with Gasteiger partial charge in [-0.2, -0.15) is 0 Å². The van der Waals surface area contributed by atoms with Crippen LogP contribution in [0.15, 0.2) is 48.5 Å². The van der Waals surface area contributed by atoms with E-state index in [0.717, 1.165) is 5.56 Å². The van der Waals surface area contributed by atoms with Crippen LogP contribution in [-0.2, 0) is 0 Å². The van der Waals surface area contributed by atoms with Crippen molar-refractivity contribution in [3.8, 4) is 0 Å². The lowest BCUT2D eigenvalue weighted by molar-refractivity contribution is -0.383. The van der Waals surface area contributed by atoms with Crippen molar-refractivity contribution in [2.45, 2.75) is 25.4 Å². The Kier molecular flexibility index (Phi) is 6.08. The number of para-hydroxylation sites is 1. The number of nitro benzene ring substituents is 1. The maximum absolute atomic E-state index is 12.4. The van der Waals surface area contributed by atoms with E-state index < -0.39 is 16.9 Å². The Morgan fingerprint density at radius 1 is 1.24 bits per heavy atom. The van der Waals surface area contributed by atoms with Crippen molar-refractivity contribution in [2.24, 2.45) is 0 Å². The molecular formula is C18H21N3O4. The summed E-state index contributed by atoms with van der Waals surface area (Å²) in [7, 11) is 0. The molecule has 0 aliphatic carbocycles. The highest BCUT2D eigenvalue weighted by Gasteiger charge is 2.20. The molecule has 7 nitrogen and oxygen atoms in total. The van der Waals surface area contributed by atoms with E-state index >= 15 is 0 Å². The lowest BCUT2D eigenvalue weighted by Gasteiger charge is -2.20. The largest absolute Gasteiger partial charge is 0.393 e. The predicted octanol–water partition coefficient (Wildman–Crippen LogP) is 2.46. The molecule has 2 unspecified atom stereocenters. The molecule has 0 radical (unpaired) electrons. The topological polar surface area (TPSA) is 118 Å². The number of nitro groups is 1. The average molecular weight is 343 g/mol. The fourth-order valence-electron chi connectivity index (χ4n) is 2.70. The van der Waals surface area contributed by atoms with E-state index in [1.54, 1.807) is 6.92 Å². The monoisotopic (exact) mass is 343 g/mol. The third kappa shape index (κ3) is 4.77. The van der Waals surface area contributed by atoms with Crippen molar-refractivity contribution in [1.82, 2.24) is 5.32 Å². The quantitative estimate of drug-likeness (QED) is 0.405. The molecule has 25 heavy (non-hydrogen) atoms. The van der Waals surface area contributed by atoms with Crippen LogP contribution in [0, 0.1) is 10.1 Å². The number of benzene rings is 2. The maximum Gasteiger partial charge on any atom is 0.292 e. The number of nitrogens with zero attached hydrogens (tertiary/aromatic N) is 1. The Balaban J connectivity index is 2.14. The number of nitrogen functional groups attached to an aromatic ring is 1. The zero-order chi connectivity index (χ0) is 18.4. The van der Waals surface area contributed by atoms with Crippen LogP contribution in [0.5, 0.6) is 0 Å². The van der Waals surface area contributed by atoms with Crippen molar-refractivity contribution in [3.63, 3.8) is 0 Å². The highest BCUT2D eigenvalue weighted by Crippen LogP contribution is 2.25. The normalized spacial score (nSPS) is 13.0. The molecule has 0 aliphatic rings. The summed E-state index contributed by atoms with van der Waals surface area (Å²) in [6, 6.07) is 13.7. The van der Waals surface area contributed by atoms with Crippen molar-refractivity contribution in [2.75, 3.05) is 12.3 Å². The van der Waals surface area contributed by atoms with Crippen molar-refractivity contribution >= 4 is 17.3 Å². The smallest absolute Gasteiger partial charge is 0.292 e. The van der Waals surface area contributed by atoms with Gasteiger partial charge in [-0.05, 0) is 25.0 Å². The molecule has 0 saturated heterocycles. The van der Waals surface area contributed by atoms with Crippen LogP contribution >= 0.6 is 0 Å².